The Morgan fingerprint density at radius 1 is 0.806 bits per heavy atom. The van der Waals surface area contributed by atoms with E-state index in [2.05, 4.69) is 5.32 Å². The van der Waals surface area contributed by atoms with E-state index >= 15 is 4.79 Å². The normalized spacial score (nSPS) is 31.9. The number of ether oxygens (including phenoxy) is 5. The molecule has 2 bridgehead atoms. The molecule has 15 heteroatoms. The smallest absolute Gasteiger partial charge is 0.338 e. The van der Waals surface area contributed by atoms with Gasteiger partial charge in [0.15, 0.2) is 23.6 Å². The van der Waals surface area contributed by atoms with Crippen molar-refractivity contribution < 1.29 is 67.8 Å². The van der Waals surface area contributed by atoms with Crippen molar-refractivity contribution in [2.75, 3.05) is 6.61 Å². The molecule has 328 valence electrons. The first-order chi connectivity index (χ1) is 29.3. The number of amides is 1. The molecule has 3 fully saturated rings. The van der Waals surface area contributed by atoms with Gasteiger partial charge in [-0.2, -0.15) is 0 Å². The van der Waals surface area contributed by atoms with Gasteiger partial charge in [0.25, 0.3) is 5.91 Å². The first-order valence-electron chi connectivity index (χ1n) is 20.5. The summed E-state index contributed by atoms with van der Waals surface area (Å²) in [4.78, 5) is 83.5. The fraction of sp³-hybridized carbons (Fsp3) is 0.447. The molecule has 3 aromatic carbocycles. The van der Waals surface area contributed by atoms with Crippen molar-refractivity contribution >= 4 is 35.6 Å². The lowest BCUT2D eigenvalue weighted by Crippen LogP contribution is -2.80. The van der Waals surface area contributed by atoms with E-state index in [1.54, 1.807) is 92.7 Å². The lowest BCUT2D eigenvalue weighted by atomic mass is 9.45. The molecule has 4 aliphatic rings. The first-order valence-corrected chi connectivity index (χ1v) is 20.5. The van der Waals surface area contributed by atoms with Crippen LogP contribution in [-0.2, 0) is 42.9 Å². The van der Waals surface area contributed by atoms with Gasteiger partial charge < -0.3 is 44.3 Å². The maximum Gasteiger partial charge on any atom is 0.338 e. The third kappa shape index (κ3) is 7.50. The van der Waals surface area contributed by atoms with E-state index in [1.807, 2.05) is 0 Å². The minimum Gasteiger partial charge on any atom is -0.458 e. The number of carbonyl (C=O) groups is 6. The Kier molecular flexibility index (Phi) is 12.0. The maximum absolute atomic E-state index is 15.5. The lowest BCUT2D eigenvalue weighted by Gasteiger charge is -2.66. The molecule has 1 amide bonds. The maximum atomic E-state index is 15.5. The van der Waals surface area contributed by atoms with Gasteiger partial charge in [0.2, 0.25) is 0 Å². The Labute approximate surface area is 358 Å². The molecule has 0 spiro atoms. The summed E-state index contributed by atoms with van der Waals surface area (Å²) in [6.07, 6.45) is -11.6. The van der Waals surface area contributed by atoms with Crippen LogP contribution in [0.2, 0.25) is 0 Å². The molecule has 1 saturated heterocycles. The Hall–Kier alpha value is -5.74. The summed E-state index contributed by atoms with van der Waals surface area (Å²) in [6, 6.07) is 22.9. The molecule has 12 atom stereocenters. The highest BCUT2D eigenvalue weighted by Crippen LogP contribution is 2.63. The number of carbonyl (C=O) groups excluding carboxylic acids is 6. The average molecular weight is 854 g/mol. The molecular weight excluding hydrogens is 803 g/mol. The van der Waals surface area contributed by atoms with E-state index in [0.717, 1.165) is 6.92 Å². The van der Waals surface area contributed by atoms with Gasteiger partial charge in [0.1, 0.15) is 24.4 Å². The van der Waals surface area contributed by atoms with Crippen LogP contribution >= 0.6 is 0 Å². The van der Waals surface area contributed by atoms with Gasteiger partial charge in [-0.15, -0.1) is 0 Å². The van der Waals surface area contributed by atoms with Crippen LogP contribution in [0.15, 0.2) is 102 Å². The zero-order valence-electron chi connectivity index (χ0n) is 35.2. The van der Waals surface area contributed by atoms with E-state index in [-0.39, 0.29) is 35.3 Å². The standard InChI is InChI=1S/C47H51NO14/c1-24-32-39(59-25(2)49)41(54)46(6)30(51)22-31-47(23-58-31,62-26(3)50)40(46)38(61-43(56)29-20-14-9-15-21-29)33(45(32,4)5)35(52)37(24)60-44(57)36(53)34(27-16-10-7-11-17-27)48-42(55)28-18-12-8-13-19-28/h7-21,30-31,33-40,51-53H,22-23H2,1-6H3,(H,48,55)/t30-,31+,33?,34-,35?,36+,37+,38?,39+,40?,46+,47-/m0/s1. The number of Topliss-reactive ketones (excluding diaryl/α,β-unsaturated/α-hetero) is 1. The zero-order valence-corrected chi connectivity index (χ0v) is 35.2. The third-order valence-electron chi connectivity index (χ3n) is 13.3. The number of benzene rings is 3. The minimum absolute atomic E-state index is 0.0866. The Morgan fingerprint density at radius 2 is 1.39 bits per heavy atom. The number of fused-ring (bicyclic) bond motifs is 5. The van der Waals surface area contributed by atoms with Crippen LogP contribution in [0.5, 0.6) is 0 Å². The number of aliphatic hydroxyl groups excluding tert-OH is 3. The van der Waals surface area contributed by atoms with Gasteiger partial charge in [-0.3, -0.25) is 19.2 Å². The van der Waals surface area contributed by atoms with Gasteiger partial charge in [0, 0.05) is 31.7 Å². The molecule has 3 aliphatic carbocycles. The monoisotopic (exact) mass is 853 g/mol. The highest BCUT2D eigenvalue weighted by atomic mass is 16.6. The van der Waals surface area contributed by atoms with Crippen molar-refractivity contribution in [3.63, 3.8) is 0 Å². The van der Waals surface area contributed by atoms with Crippen LogP contribution in [0, 0.1) is 22.7 Å². The van der Waals surface area contributed by atoms with Crippen molar-refractivity contribution in [3.05, 3.63) is 119 Å². The molecule has 2 saturated carbocycles. The number of esters is 4. The number of hydrogen-bond donors (Lipinski definition) is 4. The topological polar surface area (TPSA) is 221 Å². The predicted octanol–water partition coefficient (Wildman–Crippen LogP) is 3.59. The van der Waals surface area contributed by atoms with Gasteiger partial charge in [0.05, 0.1) is 35.6 Å². The molecule has 3 aromatic rings. The van der Waals surface area contributed by atoms with Crippen LogP contribution in [0.3, 0.4) is 0 Å². The fourth-order valence-electron chi connectivity index (χ4n) is 10.4. The summed E-state index contributed by atoms with van der Waals surface area (Å²) in [5, 5.41) is 39.3. The number of aliphatic hydroxyl groups is 3. The Balaban J connectivity index is 1.39. The van der Waals surface area contributed by atoms with Crippen molar-refractivity contribution in [2.45, 2.75) is 102 Å². The summed E-state index contributed by atoms with van der Waals surface area (Å²) in [6.45, 7) is 8.21. The molecule has 15 nitrogen and oxygen atoms in total. The van der Waals surface area contributed by atoms with Crippen LogP contribution in [0.4, 0.5) is 0 Å². The molecule has 0 radical (unpaired) electrons. The second kappa shape index (κ2) is 16.9. The molecule has 0 aromatic heterocycles. The van der Waals surface area contributed by atoms with Crippen LogP contribution in [0.25, 0.3) is 0 Å². The first kappa shape index (κ1) is 44.3. The van der Waals surface area contributed by atoms with E-state index in [9.17, 15) is 39.3 Å². The number of hydrogen-bond acceptors (Lipinski definition) is 14. The lowest BCUT2D eigenvalue weighted by molar-refractivity contribution is -0.337. The molecule has 7 rings (SSSR count). The summed E-state index contributed by atoms with van der Waals surface area (Å²) < 4.78 is 30.3. The Morgan fingerprint density at radius 3 is 1.94 bits per heavy atom. The van der Waals surface area contributed by atoms with Gasteiger partial charge in [-0.1, -0.05) is 80.6 Å². The second-order valence-corrected chi connectivity index (χ2v) is 17.3. The highest BCUT2D eigenvalue weighted by molar-refractivity contribution is 5.96. The quantitative estimate of drug-likeness (QED) is 0.130. The van der Waals surface area contributed by atoms with Crippen LogP contribution in [-0.4, -0.2) is 106 Å². The second-order valence-electron chi connectivity index (χ2n) is 17.3. The number of ketones is 1. The summed E-state index contributed by atoms with van der Waals surface area (Å²) in [7, 11) is 0. The van der Waals surface area contributed by atoms with E-state index in [1.165, 1.54) is 32.9 Å². The van der Waals surface area contributed by atoms with Crippen molar-refractivity contribution in [2.24, 2.45) is 22.7 Å². The van der Waals surface area contributed by atoms with E-state index in [0.29, 0.717) is 5.56 Å². The third-order valence-corrected chi connectivity index (χ3v) is 13.3. The van der Waals surface area contributed by atoms with Gasteiger partial charge in [-0.25, -0.2) is 9.59 Å². The van der Waals surface area contributed by atoms with Gasteiger partial charge in [-0.05, 0) is 60.2 Å². The predicted molar refractivity (Wildman–Crippen MR) is 218 cm³/mol. The number of rotatable bonds is 10. The minimum atomic E-state index is -2.07. The largest absolute Gasteiger partial charge is 0.458 e. The van der Waals surface area contributed by atoms with E-state index in [4.69, 9.17) is 23.7 Å². The van der Waals surface area contributed by atoms with Crippen LogP contribution in [0.1, 0.15) is 80.3 Å². The van der Waals surface area contributed by atoms with Gasteiger partial charge >= 0.3 is 23.9 Å². The summed E-state index contributed by atoms with van der Waals surface area (Å²) >= 11 is 0. The molecule has 4 N–H and O–H groups in total. The molecule has 4 unspecified atom stereocenters. The summed E-state index contributed by atoms with van der Waals surface area (Å²) in [5.74, 6) is -8.02. The highest BCUT2D eigenvalue weighted by Gasteiger charge is 2.76. The SMILES string of the molecule is CC(=O)O[C@H]1C(=O)[C@@]2(C)C(C(OC(=O)c3ccccc3)C3C(O)[C@H](OC(=O)[C@H](O)[C@@H](NC(=O)c4ccccc4)c4ccccc4)C(C)=C1C3(C)C)[C@]1(OC(C)=O)CO[C@@H]1C[C@@H]2O. The number of nitrogens with one attached hydrogen (secondary N) is 1. The average Bonchev–Trinajstić information content (AvgIpc) is 3.23. The Bertz CT molecular complexity index is 2260. The van der Waals surface area contributed by atoms with Crippen molar-refractivity contribution in [3.8, 4) is 0 Å². The fourth-order valence-corrected chi connectivity index (χ4v) is 10.4. The molecule has 1 aliphatic heterocycles. The molecule has 1 heterocycles. The van der Waals surface area contributed by atoms with E-state index < -0.39 is 113 Å². The van der Waals surface area contributed by atoms with Crippen LogP contribution < -0.4 is 5.32 Å². The summed E-state index contributed by atoms with van der Waals surface area (Å²) in [5.41, 5.74) is -4.25. The zero-order chi connectivity index (χ0) is 44.9. The van der Waals surface area contributed by atoms with Crippen molar-refractivity contribution in [1.29, 1.82) is 0 Å². The van der Waals surface area contributed by atoms with Crippen molar-refractivity contribution in [1.82, 2.24) is 5.32 Å². The molecule has 62 heavy (non-hydrogen) atoms. The molecular formula is C47H51NO14.